The van der Waals surface area contributed by atoms with E-state index in [2.05, 4.69) is 9.84 Å². The second kappa shape index (κ2) is 5.05. The number of hydrogen-bond donors (Lipinski definition) is 7. The Morgan fingerprint density at radius 3 is 2.12 bits per heavy atom. The lowest BCUT2D eigenvalue weighted by molar-refractivity contribution is -0.160. The van der Waals surface area contributed by atoms with Crippen LogP contribution >= 0.6 is 7.82 Å². The van der Waals surface area contributed by atoms with E-state index in [-0.39, 0.29) is 0 Å². The molecular formula is C6H14NO8P. The lowest BCUT2D eigenvalue weighted by Gasteiger charge is -2.39. The van der Waals surface area contributed by atoms with Crippen molar-refractivity contribution >= 4 is 7.82 Å². The number of phosphoric ester groups is 1. The fourth-order valence-electron chi connectivity index (χ4n) is 1.37. The zero-order valence-electron chi connectivity index (χ0n) is 8.04. The highest BCUT2D eigenvalue weighted by atomic mass is 31.2. The average Bonchev–Trinajstić information content (AvgIpc) is 2.17. The third-order valence-corrected chi connectivity index (χ3v) is 2.73. The Labute approximate surface area is 90.5 Å². The van der Waals surface area contributed by atoms with E-state index in [1.807, 2.05) is 0 Å². The summed E-state index contributed by atoms with van der Waals surface area (Å²) in [6.07, 6.45) is -6.23. The van der Waals surface area contributed by atoms with Crippen molar-refractivity contribution in [3.8, 4) is 0 Å². The van der Waals surface area contributed by atoms with Gasteiger partial charge < -0.3 is 30.2 Å². The van der Waals surface area contributed by atoms with Crippen molar-refractivity contribution in [1.82, 2.24) is 5.32 Å². The summed E-state index contributed by atoms with van der Waals surface area (Å²) >= 11 is 0. The van der Waals surface area contributed by atoms with Gasteiger partial charge in [0.15, 0.2) is 0 Å². The van der Waals surface area contributed by atoms with E-state index >= 15 is 0 Å². The molecule has 0 radical (unpaired) electrons. The highest BCUT2D eigenvalue weighted by Gasteiger charge is 2.42. The van der Waals surface area contributed by atoms with Gasteiger partial charge in [0, 0.05) is 0 Å². The van der Waals surface area contributed by atoms with E-state index in [0.29, 0.717) is 0 Å². The highest BCUT2D eigenvalue weighted by molar-refractivity contribution is 7.46. The molecule has 0 bridgehead atoms. The number of nitrogens with one attached hydrogen (secondary N) is 1. The Balaban J connectivity index is 2.57. The van der Waals surface area contributed by atoms with Gasteiger partial charge in [-0.05, 0) is 0 Å². The third-order valence-electron chi connectivity index (χ3n) is 2.24. The Morgan fingerprint density at radius 2 is 1.62 bits per heavy atom. The van der Waals surface area contributed by atoms with Gasteiger partial charge in [-0.25, -0.2) is 4.57 Å². The summed E-state index contributed by atoms with van der Waals surface area (Å²) in [5.74, 6) is 0. The second-order valence-electron chi connectivity index (χ2n) is 3.48. The van der Waals surface area contributed by atoms with Crippen molar-refractivity contribution in [3.63, 3.8) is 0 Å². The maximum atomic E-state index is 10.4. The zero-order chi connectivity index (χ0) is 12.5. The van der Waals surface area contributed by atoms with Crippen molar-refractivity contribution in [2.45, 2.75) is 30.6 Å². The summed E-state index contributed by atoms with van der Waals surface area (Å²) in [5, 5.41) is 39.2. The molecule has 1 heterocycles. The number of hydrogen-bond acceptors (Lipinski definition) is 7. The number of piperidine rings is 1. The minimum atomic E-state index is -4.69. The molecule has 0 aromatic rings. The summed E-state index contributed by atoms with van der Waals surface area (Å²) in [6, 6.07) is -1.10. The van der Waals surface area contributed by atoms with Crippen LogP contribution in [0, 0.1) is 0 Å². The molecule has 96 valence electrons. The molecule has 1 fully saturated rings. The second-order valence-corrected chi connectivity index (χ2v) is 4.72. The maximum absolute atomic E-state index is 10.4. The van der Waals surface area contributed by atoms with E-state index in [0.717, 1.165) is 0 Å². The number of aliphatic hydroxyl groups is 4. The molecule has 1 unspecified atom stereocenters. The lowest BCUT2D eigenvalue weighted by Crippen LogP contribution is -2.65. The SMILES string of the molecule is O=P(O)(O)OC[C@H]1NC(O)[C@H](O)[C@@H](O)[C@@H]1O. The smallest absolute Gasteiger partial charge is 0.389 e. The average molecular weight is 259 g/mol. The number of rotatable bonds is 3. The third kappa shape index (κ3) is 3.45. The van der Waals surface area contributed by atoms with E-state index in [1.165, 1.54) is 0 Å². The molecule has 7 N–H and O–H groups in total. The van der Waals surface area contributed by atoms with Gasteiger partial charge in [-0.2, -0.15) is 0 Å². The molecule has 0 spiro atoms. The first-order chi connectivity index (χ1) is 7.22. The molecule has 1 aliphatic rings. The monoisotopic (exact) mass is 259 g/mol. The fourth-order valence-corrected chi connectivity index (χ4v) is 1.72. The fraction of sp³-hybridized carbons (Fsp3) is 1.00. The van der Waals surface area contributed by atoms with Crippen molar-refractivity contribution in [1.29, 1.82) is 0 Å². The van der Waals surface area contributed by atoms with Gasteiger partial charge in [0.05, 0.1) is 12.6 Å². The quantitative estimate of drug-likeness (QED) is 0.255. The van der Waals surface area contributed by atoms with Gasteiger partial charge >= 0.3 is 7.82 Å². The van der Waals surface area contributed by atoms with Crippen LogP contribution in [0.1, 0.15) is 0 Å². The van der Waals surface area contributed by atoms with Crippen molar-refractivity contribution in [2.24, 2.45) is 0 Å². The summed E-state index contributed by atoms with van der Waals surface area (Å²) in [4.78, 5) is 16.8. The topological polar surface area (TPSA) is 160 Å². The van der Waals surface area contributed by atoms with Gasteiger partial charge in [0.25, 0.3) is 0 Å². The minimum absolute atomic E-state index is 0.619. The van der Waals surface area contributed by atoms with Gasteiger partial charge in [-0.3, -0.25) is 9.84 Å². The zero-order valence-corrected chi connectivity index (χ0v) is 8.94. The Kier molecular flexibility index (Phi) is 4.41. The molecule has 0 aromatic carbocycles. The predicted octanol–water partition coefficient (Wildman–Crippen LogP) is -3.53. The minimum Gasteiger partial charge on any atom is -0.389 e. The highest BCUT2D eigenvalue weighted by Crippen LogP contribution is 2.36. The first-order valence-electron chi connectivity index (χ1n) is 4.41. The summed E-state index contributed by atoms with van der Waals surface area (Å²) in [6.45, 7) is -0.619. The van der Waals surface area contributed by atoms with Crippen LogP contribution < -0.4 is 5.32 Å². The van der Waals surface area contributed by atoms with Crippen LogP contribution in [0.4, 0.5) is 0 Å². The first-order valence-corrected chi connectivity index (χ1v) is 5.94. The Bertz CT molecular complexity index is 282. The van der Waals surface area contributed by atoms with Crippen LogP contribution in [0.25, 0.3) is 0 Å². The summed E-state index contributed by atoms with van der Waals surface area (Å²) < 4.78 is 14.5. The largest absolute Gasteiger partial charge is 0.469 e. The first kappa shape index (κ1) is 14.0. The molecule has 16 heavy (non-hydrogen) atoms. The van der Waals surface area contributed by atoms with Crippen LogP contribution in [-0.2, 0) is 9.09 Å². The summed E-state index contributed by atoms with van der Waals surface area (Å²) in [7, 11) is -4.69. The van der Waals surface area contributed by atoms with Crippen molar-refractivity contribution in [3.05, 3.63) is 0 Å². The van der Waals surface area contributed by atoms with Gasteiger partial charge in [0.2, 0.25) is 0 Å². The standard InChI is InChI=1S/C6H14NO8P/c8-3-2(1-15-16(12,13)14)7-6(11)5(10)4(3)9/h2-11H,1H2,(H2,12,13,14)/t2-,3-,4+,5-,6?/m1/s1. The molecule has 1 rings (SSSR count). The van der Waals surface area contributed by atoms with Crippen molar-refractivity contribution in [2.75, 3.05) is 6.61 Å². The molecule has 0 aliphatic carbocycles. The Morgan fingerprint density at radius 1 is 1.06 bits per heavy atom. The van der Waals surface area contributed by atoms with Gasteiger partial charge in [-0.1, -0.05) is 0 Å². The molecule has 1 saturated heterocycles. The number of phosphoric acid groups is 1. The molecular weight excluding hydrogens is 245 g/mol. The molecule has 0 amide bonds. The predicted molar refractivity (Wildman–Crippen MR) is 48.9 cm³/mol. The van der Waals surface area contributed by atoms with E-state index in [4.69, 9.17) is 14.9 Å². The molecule has 10 heteroatoms. The lowest BCUT2D eigenvalue weighted by atomic mass is 9.95. The summed E-state index contributed by atoms with van der Waals surface area (Å²) in [5.41, 5.74) is 0. The molecule has 0 saturated carbocycles. The normalized spacial score (nSPS) is 41.0. The van der Waals surface area contributed by atoms with Crippen molar-refractivity contribution < 1.29 is 39.3 Å². The van der Waals surface area contributed by atoms with Crippen LogP contribution in [0.2, 0.25) is 0 Å². The van der Waals surface area contributed by atoms with Gasteiger partial charge in [-0.15, -0.1) is 0 Å². The van der Waals surface area contributed by atoms with Gasteiger partial charge in [0.1, 0.15) is 24.5 Å². The molecule has 9 nitrogen and oxygen atoms in total. The Hall–Kier alpha value is -0.0900. The maximum Gasteiger partial charge on any atom is 0.469 e. The van der Waals surface area contributed by atoms with E-state index in [9.17, 15) is 19.9 Å². The van der Waals surface area contributed by atoms with E-state index < -0.39 is 45.0 Å². The van der Waals surface area contributed by atoms with Crippen LogP contribution in [0.15, 0.2) is 0 Å². The van der Waals surface area contributed by atoms with Crippen LogP contribution in [0.3, 0.4) is 0 Å². The van der Waals surface area contributed by atoms with E-state index in [1.54, 1.807) is 0 Å². The molecule has 1 aliphatic heterocycles. The molecule has 5 atom stereocenters. The molecule has 0 aromatic heterocycles. The van der Waals surface area contributed by atoms with Crippen LogP contribution in [-0.4, -0.2) is 67.4 Å². The number of aliphatic hydroxyl groups excluding tert-OH is 4. The van der Waals surface area contributed by atoms with Crippen LogP contribution in [0.5, 0.6) is 0 Å².